The van der Waals surface area contributed by atoms with Gasteiger partial charge in [-0.2, -0.15) is 0 Å². The van der Waals surface area contributed by atoms with Crippen LogP contribution < -0.4 is 11.5 Å². The van der Waals surface area contributed by atoms with Crippen LogP contribution in [0.2, 0.25) is 0 Å². The molecule has 8 N–H and O–H groups in total. The number of aliphatic carboxylic acids is 2. The number of phenols is 2. The molecule has 8 heteroatoms. The average molecular weight is 334 g/mol. The number of carboxylic acids is 2. The van der Waals surface area contributed by atoms with E-state index in [1.165, 1.54) is 48.5 Å². The summed E-state index contributed by atoms with van der Waals surface area (Å²) in [6.07, 6.45) is 0. The molecule has 0 bridgehead atoms. The lowest BCUT2D eigenvalue weighted by Crippen LogP contribution is -2.20. The van der Waals surface area contributed by atoms with Crippen molar-refractivity contribution >= 4 is 11.9 Å². The molecule has 0 saturated heterocycles. The standard InChI is InChI=1S/2C8H9NO3/c2*9-7(8(11)12)5-1-3-6(10)4-2-5/h2*1-4,7,10H,9H2,(H,11,12)/t2*7-/m10/s1. The molecule has 0 unspecified atom stereocenters. The predicted molar refractivity (Wildman–Crippen MR) is 85.3 cm³/mol. The lowest BCUT2D eigenvalue weighted by molar-refractivity contribution is -0.139. The third-order valence-electron chi connectivity index (χ3n) is 3.04. The van der Waals surface area contributed by atoms with Crippen LogP contribution in [0, 0.1) is 0 Å². The Morgan fingerprint density at radius 1 is 0.667 bits per heavy atom. The summed E-state index contributed by atoms with van der Waals surface area (Å²) in [6, 6.07) is 9.48. The molecule has 0 aromatic heterocycles. The second-order valence-electron chi connectivity index (χ2n) is 4.81. The van der Waals surface area contributed by atoms with Crippen molar-refractivity contribution in [1.29, 1.82) is 0 Å². The molecule has 0 aliphatic rings. The molecular formula is C16H18N2O6. The van der Waals surface area contributed by atoms with Gasteiger partial charge in [0.2, 0.25) is 0 Å². The Balaban J connectivity index is 0.000000240. The van der Waals surface area contributed by atoms with Crippen molar-refractivity contribution in [3.8, 4) is 11.5 Å². The lowest BCUT2D eigenvalue weighted by Gasteiger charge is -2.05. The highest BCUT2D eigenvalue weighted by molar-refractivity contribution is 5.75. The Labute approximate surface area is 137 Å². The average Bonchev–Trinajstić information content (AvgIpc) is 2.55. The SMILES string of the molecule is N[C@@H](C(=O)O)c1ccc(O)cc1.N[C@H](C(=O)O)c1ccc(O)cc1. The van der Waals surface area contributed by atoms with Gasteiger partial charge in [-0.25, -0.2) is 0 Å². The van der Waals surface area contributed by atoms with Crippen molar-refractivity contribution in [1.82, 2.24) is 0 Å². The zero-order valence-corrected chi connectivity index (χ0v) is 12.5. The maximum absolute atomic E-state index is 10.4. The van der Waals surface area contributed by atoms with E-state index < -0.39 is 24.0 Å². The summed E-state index contributed by atoms with van der Waals surface area (Å²) >= 11 is 0. The Morgan fingerprint density at radius 2 is 0.917 bits per heavy atom. The number of aromatic hydroxyl groups is 2. The van der Waals surface area contributed by atoms with Crippen molar-refractivity contribution in [2.24, 2.45) is 11.5 Å². The maximum atomic E-state index is 10.4. The molecule has 2 atom stereocenters. The molecule has 8 nitrogen and oxygen atoms in total. The van der Waals surface area contributed by atoms with E-state index in [2.05, 4.69) is 0 Å². The van der Waals surface area contributed by atoms with Gasteiger partial charge in [-0.1, -0.05) is 24.3 Å². The smallest absolute Gasteiger partial charge is 0.325 e. The van der Waals surface area contributed by atoms with Gasteiger partial charge >= 0.3 is 11.9 Å². The Hall–Kier alpha value is -3.10. The number of carbonyl (C=O) groups is 2. The number of rotatable bonds is 4. The third kappa shape index (κ3) is 5.59. The number of phenolic OH excluding ortho intramolecular Hbond substituents is 2. The molecule has 128 valence electrons. The van der Waals surface area contributed by atoms with Gasteiger partial charge in [-0.05, 0) is 35.4 Å². The van der Waals surface area contributed by atoms with Crippen LogP contribution in [-0.4, -0.2) is 32.4 Å². The fourth-order valence-electron chi connectivity index (χ4n) is 1.65. The molecule has 0 fully saturated rings. The van der Waals surface area contributed by atoms with Gasteiger partial charge in [0, 0.05) is 0 Å². The quantitative estimate of drug-likeness (QED) is 0.480. The van der Waals surface area contributed by atoms with E-state index in [4.69, 9.17) is 31.9 Å². The van der Waals surface area contributed by atoms with Gasteiger partial charge in [0.05, 0.1) is 0 Å². The van der Waals surface area contributed by atoms with Crippen molar-refractivity contribution in [3.05, 3.63) is 59.7 Å². The second kappa shape index (κ2) is 8.51. The van der Waals surface area contributed by atoms with Gasteiger partial charge in [0.1, 0.15) is 23.6 Å². The van der Waals surface area contributed by atoms with Crippen LogP contribution in [0.4, 0.5) is 0 Å². The number of hydrogen-bond acceptors (Lipinski definition) is 6. The summed E-state index contributed by atoms with van der Waals surface area (Å²) in [5, 5.41) is 34.8. The largest absolute Gasteiger partial charge is 0.508 e. The minimum absolute atomic E-state index is 0.0938. The van der Waals surface area contributed by atoms with Crippen LogP contribution in [0.1, 0.15) is 23.2 Å². The monoisotopic (exact) mass is 334 g/mol. The Morgan fingerprint density at radius 3 is 1.12 bits per heavy atom. The molecule has 0 amide bonds. The first-order valence-corrected chi connectivity index (χ1v) is 6.77. The zero-order valence-electron chi connectivity index (χ0n) is 12.5. The molecule has 0 radical (unpaired) electrons. The highest BCUT2D eigenvalue weighted by atomic mass is 16.4. The Bertz CT molecular complexity index is 623. The fraction of sp³-hybridized carbons (Fsp3) is 0.125. The summed E-state index contributed by atoms with van der Waals surface area (Å²) in [5.74, 6) is -1.98. The summed E-state index contributed by atoms with van der Waals surface area (Å²) in [6.45, 7) is 0. The van der Waals surface area contributed by atoms with Gasteiger partial charge in [0.25, 0.3) is 0 Å². The molecule has 0 saturated carbocycles. The zero-order chi connectivity index (χ0) is 18.3. The van der Waals surface area contributed by atoms with Crippen molar-refractivity contribution in [2.75, 3.05) is 0 Å². The second-order valence-corrected chi connectivity index (χ2v) is 4.81. The number of carboxylic acid groups (broad SMARTS) is 2. The summed E-state index contributed by atoms with van der Waals surface area (Å²) in [4.78, 5) is 20.8. The molecule has 0 spiro atoms. The summed E-state index contributed by atoms with van der Waals surface area (Å²) in [7, 11) is 0. The summed E-state index contributed by atoms with van der Waals surface area (Å²) in [5.41, 5.74) is 11.6. The van der Waals surface area contributed by atoms with E-state index in [1.54, 1.807) is 0 Å². The molecule has 0 heterocycles. The maximum Gasteiger partial charge on any atom is 0.325 e. The molecule has 0 aliphatic carbocycles. The first kappa shape index (κ1) is 18.9. The van der Waals surface area contributed by atoms with Crippen LogP contribution in [-0.2, 0) is 9.59 Å². The number of hydrogen-bond donors (Lipinski definition) is 6. The van der Waals surface area contributed by atoms with Crippen molar-refractivity contribution in [3.63, 3.8) is 0 Å². The lowest BCUT2D eigenvalue weighted by atomic mass is 10.1. The molecule has 24 heavy (non-hydrogen) atoms. The van der Waals surface area contributed by atoms with Gasteiger partial charge in [-0.15, -0.1) is 0 Å². The van der Waals surface area contributed by atoms with Crippen LogP contribution in [0.3, 0.4) is 0 Å². The minimum Gasteiger partial charge on any atom is -0.508 e. The molecule has 2 rings (SSSR count). The van der Waals surface area contributed by atoms with Crippen LogP contribution in [0.5, 0.6) is 11.5 Å². The topological polar surface area (TPSA) is 167 Å². The fourth-order valence-corrected chi connectivity index (χ4v) is 1.65. The predicted octanol–water partition coefficient (Wildman–Crippen LogP) is 0.953. The first-order valence-electron chi connectivity index (χ1n) is 6.77. The normalized spacial score (nSPS) is 12.4. The van der Waals surface area contributed by atoms with Crippen molar-refractivity contribution in [2.45, 2.75) is 12.1 Å². The van der Waals surface area contributed by atoms with E-state index in [0.29, 0.717) is 11.1 Å². The van der Waals surface area contributed by atoms with E-state index in [9.17, 15) is 9.59 Å². The van der Waals surface area contributed by atoms with E-state index in [1.807, 2.05) is 0 Å². The number of nitrogens with two attached hydrogens (primary N) is 2. The Kier molecular flexibility index (Phi) is 6.72. The van der Waals surface area contributed by atoms with Crippen LogP contribution in [0.25, 0.3) is 0 Å². The molecule has 2 aromatic carbocycles. The van der Waals surface area contributed by atoms with Gasteiger partial charge in [0.15, 0.2) is 0 Å². The van der Waals surface area contributed by atoms with Crippen LogP contribution in [0.15, 0.2) is 48.5 Å². The minimum atomic E-state index is -1.08. The highest BCUT2D eigenvalue weighted by Crippen LogP contribution is 2.15. The third-order valence-corrected chi connectivity index (χ3v) is 3.04. The first-order chi connectivity index (χ1) is 11.2. The van der Waals surface area contributed by atoms with Gasteiger partial charge < -0.3 is 31.9 Å². The number of benzene rings is 2. The van der Waals surface area contributed by atoms with Crippen molar-refractivity contribution < 1.29 is 30.0 Å². The summed E-state index contributed by atoms with van der Waals surface area (Å²) < 4.78 is 0. The van der Waals surface area contributed by atoms with E-state index >= 15 is 0 Å². The molecular weight excluding hydrogens is 316 g/mol. The van der Waals surface area contributed by atoms with E-state index in [-0.39, 0.29) is 11.5 Å². The van der Waals surface area contributed by atoms with Gasteiger partial charge in [-0.3, -0.25) is 9.59 Å². The highest BCUT2D eigenvalue weighted by Gasteiger charge is 2.13. The van der Waals surface area contributed by atoms with E-state index in [0.717, 1.165) is 0 Å². The molecule has 0 aliphatic heterocycles. The molecule has 2 aromatic rings. The van der Waals surface area contributed by atoms with Crippen LogP contribution >= 0.6 is 0 Å².